The van der Waals surface area contributed by atoms with E-state index < -0.39 is 0 Å². The second-order valence-corrected chi connectivity index (χ2v) is 4.24. The summed E-state index contributed by atoms with van der Waals surface area (Å²) < 4.78 is 5.22. The minimum Gasteiger partial charge on any atom is -0.458 e. The molecule has 5 heteroatoms. The van der Waals surface area contributed by atoms with Gasteiger partial charge >= 0.3 is 5.97 Å². The molecule has 88 valence electrons. The fraction of sp³-hybridized carbons (Fsp3) is 0.455. The van der Waals surface area contributed by atoms with E-state index >= 15 is 0 Å². The predicted octanol–water partition coefficient (Wildman–Crippen LogP) is 1.84. The van der Waals surface area contributed by atoms with E-state index in [0.717, 1.165) is 0 Å². The smallest absolute Gasteiger partial charge is 0.340 e. The zero-order valence-electron chi connectivity index (χ0n) is 9.61. The zero-order chi connectivity index (χ0) is 12.1. The molecule has 1 unspecified atom stereocenters. The van der Waals surface area contributed by atoms with Gasteiger partial charge in [0.1, 0.15) is 11.3 Å². The Labute approximate surface area is 100 Å². The first-order valence-corrected chi connectivity index (χ1v) is 5.34. The van der Waals surface area contributed by atoms with Crippen LogP contribution < -0.4 is 0 Å². The second-order valence-electron chi connectivity index (χ2n) is 3.85. The van der Waals surface area contributed by atoms with Crippen molar-refractivity contribution in [1.82, 2.24) is 9.88 Å². The molecule has 0 radical (unpaired) electrons. The summed E-state index contributed by atoms with van der Waals surface area (Å²) in [6, 6.07) is 3.16. The summed E-state index contributed by atoms with van der Waals surface area (Å²) in [6.07, 6.45) is 1.26. The average Bonchev–Trinajstić information content (AvgIpc) is 2.16. The third-order valence-electron chi connectivity index (χ3n) is 1.89. The Morgan fingerprint density at radius 3 is 2.75 bits per heavy atom. The number of esters is 1. The van der Waals surface area contributed by atoms with Gasteiger partial charge in [0, 0.05) is 12.7 Å². The lowest BCUT2D eigenvalue weighted by Gasteiger charge is -2.17. The lowest BCUT2D eigenvalue weighted by atomic mass is 10.3. The average molecular weight is 243 g/mol. The maximum atomic E-state index is 11.6. The molecule has 0 bridgehead atoms. The van der Waals surface area contributed by atoms with Gasteiger partial charge in [0.2, 0.25) is 0 Å². The fourth-order valence-corrected chi connectivity index (χ4v) is 1.41. The van der Waals surface area contributed by atoms with Crippen LogP contribution in [0.3, 0.4) is 0 Å². The van der Waals surface area contributed by atoms with Crippen molar-refractivity contribution >= 4 is 17.6 Å². The lowest BCUT2D eigenvalue weighted by molar-refractivity contribution is 0.0288. The van der Waals surface area contributed by atoms with Gasteiger partial charge in [-0.3, -0.25) is 0 Å². The van der Waals surface area contributed by atoms with Crippen LogP contribution in [0.4, 0.5) is 0 Å². The first-order valence-electron chi connectivity index (χ1n) is 4.96. The Morgan fingerprint density at radius 2 is 2.25 bits per heavy atom. The van der Waals surface area contributed by atoms with Gasteiger partial charge in [0.25, 0.3) is 0 Å². The number of nitrogens with zero attached hydrogens (tertiary/aromatic N) is 2. The van der Waals surface area contributed by atoms with Crippen LogP contribution in [0.15, 0.2) is 18.3 Å². The summed E-state index contributed by atoms with van der Waals surface area (Å²) >= 11 is 5.62. The third-order valence-corrected chi connectivity index (χ3v) is 2.12. The van der Waals surface area contributed by atoms with Gasteiger partial charge in [-0.25, -0.2) is 9.78 Å². The normalized spacial score (nSPS) is 12.6. The number of hydrogen-bond acceptors (Lipinski definition) is 4. The first kappa shape index (κ1) is 12.9. The molecule has 1 rings (SSSR count). The van der Waals surface area contributed by atoms with Crippen LogP contribution in [0.5, 0.6) is 0 Å². The Bertz CT molecular complexity index is 352. The van der Waals surface area contributed by atoms with E-state index in [1.54, 1.807) is 12.1 Å². The number of ether oxygens (including phenoxy) is 1. The fourth-order valence-electron chi connectivity index (χ4n) is 1.30. The monoisotopic (exact) mass is 242 g/mol. The third kappa shape index (κ3) is 4.16. The van der Waals surface area contributed by atoms with Crippen molar-refractivity contribution in [2.24, 2.45) is 0 Å². The number of pyridine rings is 1. The van der Waals surface area contributed by atoms with E-state index in [2.05, 4.69) is 4.98 Å². The number of likely N-dealkylation sites (N-methyl/N-ethyl adjacent to an activating group) is 1. The van der Waals surface area contributed by atoms with E-state index in [9.17, 15) is 4.79 Å². The molecule has 0 spiro atoms. The Hall–Kier alpha value is -1.13. The van der Waals surface area contributed by atoms with Crippen molar-refractivity contribution in [3.8, 4) is 0 Å². The minimum atomic E-state index is -0.376. The van der Waals surface area contributed by atoms with Gasteiger partial charge in [-0.1, -0.05) is 11.6 Å². The quantitative estimate of drug-likeness (QED) is 0.597. The van der Waals surface area contributed by atoms with Crippen LogP contribution in [0.2, 0.25) is 5.15 Å². The van der Waals surface area contributed by atoms with Crippen molar-refractivity contribution in [3.63, 3.8) is 0 Å². The Balaban J connectivity index is 2.55. The summed E-state index contributed by atoms with van der Waals surface area (Å²) in [4.78, 5) is 17.4. The maximum absolute atomic E-state index is 11.6. The van der Waals surface area contributed by atoms with Crippen molar-refractivity contribution in [3.05, 3.63) is 29.0 Å². The van der Waals surface area contributed by atoms with E-state index in [-0.39, 0.29) is 12.1 Å². The van der Waals surface area contributed by atoms with Gasteiger partial charge < -0.3 is 9.64 Å². The molecule has 1 aromatic rings. The molecule has 0 aromatic carbocycles. The van der Waals surface area contributed by atoms with Gasteiger partial charge in [-0.05, 0) is 33.2 Å². The molecule has 0 saturated heterocycles. The summed E-state index contributed by atoms with van der Waals surface area (Å²) in [5.74, 6) is -0.376. The molecule has 1 atom stereocenters. The summed E-state index contributed by atoms with van der Waals surface area (Å²) in [5, 5.41) is 0.359. The maximum Gasteiger partial charge on any atom is 0.340 e. The van der Waals surface area contributed by atoms with Crippen LogP contribution in [-0.4, -0.2) is 42.6 Å². The number of halogens is 1. The molecule has 4 nitrogen and oxygen atoms in total. The van der Waals surface area contributed by atoms with Gasteiger partial charge in [0.15, 0.2) is 0 Å². The van der Waals surface area contributed by atoms with E-state index in [1.807, 2.05) is 25.9 Å². The minimum absolute atomic E-state index is 0.154. The number of carbonyl (C=O) groups is 1. The van der Waals surface area contributed by atoms with E-state index in [0.29, 0.717) is 17.3 Å². The highest BCUT2D eigenvalue weighted by molar-refractivity contribution is 6.29. The zero-order valence-corrected chi connectivity index (χ0v) is 10.4. The Kier molecular flexibility index (Phi) is 4.71. The molecule has 0 N–H and O–H groups in total. The summed E-state index contributed by atoms with van der Waals surface area (Å²) in [5.41, 5.74) is 0.412. The molecule has 0 aliphatic rings. The standard InChI is InChI=1S/C11H15ClN2O2/c1-8(7-14(2)3)16-11(15)9-4-5-10(12)13-6-9/h4-6,8H,7H2,1-3H3. The van der Waals surface area contributed by atoms with Crippen LogP contribution >= 0.6 is 11.6 Å². The van der Waals surface area contributed by atoms with E-state index in [1.165, 1.54) is 6.20 Å². The predicted molar refractivity (Wildman–Crippen MR) is 62.7 cm³/mol. The molecule has 0 fully saturated rings. The van der Waals surface area contributed by atoms with Crippen molar-refractivity contribution < 1.29 is 9.53 Å². The van der Waals surface area contributed by atoms with Crippen LogP contribution in [0.25, 0.3) is 0 Å². The van der Waals surface area contributed by atoms with Crippen molar-refractivity contribution in [1.29, 1.82) is 0 Å². The van der Waals surface area contributed by atoms with Crippen molar-refractivity contribution in [2.75, 3.05) is 20.6 Å². The molecule has 0 aliphatic carbocycles. The molecule has 1 heterocycles. The van der Waals surface area contributed by atoms with Gasteiger partial charge in [-0.2, -0.15) is 0 Å². The SMILES string of the molecule is CC(CN(C)C)OC(=O)c1ccc(Cl)nc1. The molecule has 0 aliphatic heterocycles. The molecule has 16 heavy (non-hydrogen) atoms. The molecule has 1 aromatic heterocycles. The number of rotatable bonds is 4. The van der Waals surface area contributed by atoms with Gasteiger partial charge in [-0.15, -0.1) is 0 Å². The molecule has 0 amide bonds. The molecular weight excluding hydrogens is 228 g/mol. The lowest BCUT2D eigenvalue weighted by Crippen LogP contribution is -2.28. The second kappa shape index (κ2) is 5.82. The van der Waals surface area contributed by atoms with Gasteiger partial charge in [0.05, 0.1) is 5.56 Å². The highest BCUT2D eigenvalue weighted by atomic mass is 35.5. The highest BCUT2D eigenvalue weighted by Gasteiger charge is 2.12. The Morgan fingerprint density at radius 1 is 1.56 bits per heavy atom. The number of carbonyl (C=O) groups excluding carboxylic acids is 1. The molecular formula is C11H15ClN2O2. The summed E-state index contributed by atoms with van der Waals surface area (Å²) in [7, 11) is 3.85. The van der Waals surface area contributed by atoms with Crippen LogP contribution in [0, 0.1) is 0 Å². The largest absolute Gasteiger partial charge is 0.458 e. The van der Waals surface area contributed by atoms with E-state index in [4.69, 9.17) is 16.3 Å². The number of hydrogen-bond donors (Lipinski definition) is 0. The summed E-state index contributed by atoms with van der Waals surface area (Å²) in [6.45, 7) is 2.54. The first-order chi connectivity index (χ1) is 7.49. The van der Waals surface area contributed by atoms with Crippen LogP contribution in [0.1, 0.15) is 17.3 Å². The highest BCUT2D eigenvalue weighted by Crippen LogP contribution is 2.07. The molecule has 0 saturated carbocycles. The van der Waals surface area contributed by atoms with Crippen molar-refractivity contribution in [2.45, 2.75) is 13.0 Å². The van der Waals surface area contributed by atoms with Crippen LogP contribution in [-0.2, 0) is 4.74 Å². The number of aromatic nitrogens is 1. The topological polar surface area (TPSA) is 42.4 Å².